The van der Waals surface area contributed by atoms with Crippen LogP contribution in [0, 0.1) is 11.3 Å². The van der Waals surface area contributed by atoms with Crippen LogP contribution < -0.4 is 0 Å². The Balaban J connectivity index is 1.39. The van der Waals surface area contributed by atoms with Crippen molar-refractivity contribution in [2.75, 3.05) is 0 Å². The quantitative estimate of drug-likeness (QED) is 0.412. The zero-order valence-corrected chi connectivity index (χ0v) is 15.5. The molecule has 0 unspecified atom stereocenters. The molecule has 0 saturated heterocycles. The Bertz CT molecular complexity index is 1420. The molecule has 0 spiro atoms. The predicted octanol–water partition coefficient (Wildman–Crippen LogP) is 5.00. The highest BCUT2D eigenvalue weighted by atomic mass is 16.5. The minimum absolute atomic E-state index is 0.0555. The number of nitrogens with zero attached hydrogens (tertiary/aromatic N) is 2. The highest BCUT2D eigenvalue weighted by Gasteiger charge is 2.16. The molecule has 0 amide bonds. The molecule has 2 aromatic carbocycles. The van der Waals surface area contributed by atoms with Crippen molar-refractivity contribution >= 4 is 33.2 Å². The number of nitriles is 1. The van der Waals surface area contributed by atoms with Crippen LogP contribution in [0.4, 0.5) is 0 Å². The van der Waals surface area contributed by atoms with Gasteiger partial charge in [0.15, 0.2) is 0 Å². The van der Waals surface area contributed by atoms with Crippen molar-refractivity contribution < 1.29 is 13.9 Å². The topological polar surface area (TPSA) is 67.6 Å². The van der Waals surface area contributed by atoms with Crippen molar-refractivity contribution in [3.8, 4) is 6.07 Å². The van der Waals surface area contributed by atoms with E-state index < -0.39 is 0 Å². The van der Waals surface area contributed by atoms with E-state index in [1.807, 2.05) is 71.4 Å². The second-order valence-electron chi connectivity index (χ2n) is 6.89. The van der Waals surface area contributed by atoms with Crippen molar-refractivity contribution in [2.24, 2.45) is 0 Å². The normalized spacial score (nSPS) is 11.1. The third-order valence-electron chi connectivity index (χ3n) is 5.14. The number of furan rings is 1. The van der Waals surface area contributed by atoms with Gasteiger partial charge in [-0.3, -0.25) is 4.79 Å². The first-order chi connectivity index (χ1) is 14.2. The second kappa shape index (κ2) is 6.84. The van der Waals surface area contributed by atoms with Crippen LogP contribution in [0.5, 0.6) is 0 Å². The Morgan fingerprint density at radius 1 is 1.07 bits per heavy atom. The molecule has 0 aliphatic carbocycles. The number of pyridine rings is 1. The lowest BCUT2D eigenvalue weighted by Crippen LogP contribution is -2.08. The van der Waals surface area contributed by atoms with Crippen LogP contribution in [0.15, 0.2) is 77.7 Å². The third kappa shape index (κ3) is 2.91. The highest BCUT2D eigenvalue weighted by molar-refractivity contribution is 6.08. The van der Waals surface area contributed by atoms with Crippen LogP contribution >= 0.6 is 0 Å². The van der Waals surface area contributed by atoms with Gasteiger partial charge in [-0.2, -0.15) is 5.26 Å². The third-order valence-corrected chi connectivity index (χ3v) is 5.14. The van der Waals surface area contributed by atoms with Crippen LogP contribution in [0.3, 0.4) is 0 Å². The molecule has 0 fully saturated rings. The molecule has 3 aromatic heterocycles. The van der Waals surface area contributed by atoms with E-state index in [9.17, 15) is 10.1 Å². The molecular weight excluding hydrogens is 364 g/mol. The maximum absolute atomic E-state index is 12.5. The Labute approximate surface area is 166 Å². The molecular formula is C24H16N2O3. The largest absolute Gasteiger partial charge is 0.464 e. The average Bonchev–Trinajstić information content (AvgIpc) is 3.33. The molecule has 140 valence electrons. The lowest BCUT2D eigenvalue weighted by Gasteiger charge is -2.04. The van der Waals surface area contributed by atoms with Gasteiger partial charge in [0.25, 0.3) is 0 Å². The number of hydrogen-bond acceptors (Lipinski definition) is 4. The van der Waals surface area contributed by atoms with E-state index in [1.54, 1.807) is 6.26 Å². The van der Waals surface area contributed by atoms with Gasteiger partial charge < -0.3 is 13.6 Å². The van der Waals surface area contributed by atoms with Crippen LogP contribution in [0.25, 0.3) is 27.3 Å². The lowest BCUT2D eigenvalue weighted by molar-refractivity contribution is -0.144. The Kier molecular flexibility index (Phi) is 4.03. The number of rotatable bonds is 4. The van der Waals surface area contributed by atoms with E-state index in [1.165, 1.54) is 0 Å². The summed E-state index contributed by atoms with van der Waals surface area (Å²) in [5.74, 6) is -0.361. The van der Waals surface area contributed by atoms with E-state index in [-0.39, 0.29) is 19.0 Å². The summed E-state index contributed by atoms with van der Waals surface area (Å²) in [4.78, 5) is 12.5. The molecule has 3 heterocycles. The van der Waals surface area contributed by atoms with Crippen LogP contribution in [-0.4, -0.2) is 10.4 Å². The molecule has 0 aliphatic heterocycles. The Morgan fingerprint density at radius 2 is 1.93 bits per heavy atom. The Hall–Kier alpha value is -4.04. The van der Waals surface area contributed by atoms with Crippen LogP contribution in [0.1, 0.15) is 16.7 Å². The molecule has 0 N–H and O–H groups in total. The number of carbonyl (C=O) groups is 1. The molecule has 5 nitrogen and oxygen atoms in total. The predicted molar refractivity (Wildman–Crippen MR) is 109 cm³/mol. The van der Waals surface area contributed by atoms with E-state index in [0.717, 1.165) is 32.8 Å². The summed E-state index contributed by atoms with van der Waals surface area (Å²) in [6.07, 6.45) is 5.41. The molecule has 0 atom stereocenters. The number of fused-ring (bicyclic) bond motifs is 4. The standard InChI is InChI=1S/C24H16N2O3/c25-12-20-18(13-26-10-4-3-7-21(20)26)15-29-23(27)11-17-14-28-22-9-8-16-5-1-2-6-19(16)24(17)22/h1-10,13-14H,11,15H2. The molecule has 5 rings (SSSR count). The molecule has 5 aromatic rings. The van der Waals surface area contributed by atoms with Gasteiger partial charge >= 0.3 is 5.97 Å². The minimum Gasteiger partial charge on any atom is -0.464 e. The maximum atomic E-state index is 12.5. The van der Waals surface area contributed by atoms with Gasteiger partial charge in [0, 0.05) is 28.9 Å². The van der Waals surface area contributed by atoms with E-state index >= 15 is 0 Å². The molecule has 5 heteroatoms. The molecule has 0 radical (unpaired) electrons. The van der Waals surface area contributed by atoms with Gasteiger partial charge in [0.05, 0.1) is 23.8 Å². The molecule has 0 bridgehead atoms. The first-order valence-corrected chi connectivity index (χ1v) is 9.27. The van der Waals surface area contributed by atoms with Crippen molar-refractivity contribution in [3.63, 3.8) is 0 Å². The van der Waals surface area contributed by atoms with E-state index in [0.29, 0.717) is 11.1 Å². The fraction of sp³-hybridized carbons (Fsp3) is 0.0833. The number of hydrogen-bond donors (Lipinski definition) is 0. The summed E-state index contributed by atoms with van der Waals surface area (Å²) in [5.41, 5.74) is 3.56. The second-order valence-corrected chi connectivity index (χ2v) is 6.89. The highest BCUT2D eigenvalue weighted by Crippen LogP contribution is 2.30. The summed E-state index contributed by atoms with van der Waals surface area (Å²) in [6, 6.07) is 19.8. The minimum atomic E-state index is -0.361. The van der Waals surface area contributed by atoms with Crippen LogP contribution in [-0.2, 0) is 22.6 Å². The van der Waals surface area contributed by atoms with Gasteiger partial charge in [0.2, 0.25) is 0 Å². The van der Waals surface area contributed by atoms with Crippen molar-refractivity contribution in [1.82, 2.24) is 4.40 Å². The monoisotopic (exact) mass is 380 g/mol. The lowest BCUT2D eigenvalue weighted by atomic mass is 10.0. The molecule has 0 saturated carbocycles. The zero-order chi connectivity index (χ0) is 19.8. The van der Waals surface area contributed by atoms with Gasteiger partial charge in [-0.15, -0.1) is 0 Å². The summed E-state index contributed by atoms with van der Waals surface area (Å²) >= 11 is 0. The first kappa shape index (κ1) is 17.1. The van der Waals surface area contributed by atoms with Crippen molar-refractivity contribution in [3.05, 3.63) is 89.9 Å². The number of carbonyl (C=O) groups excluding carboxylic acids is 1. The summed E-state index contributed by atoms with van der Waals surface area (Å²) < 4.78 is 13.0. The van der Waals surface area contributed by atoms with Crippen LogP contribution in [0.2, 0.25) is 0 Å². The number of esters is 1. The van der Waals surface area contributed by atoms with Gasteiger partial charge in [-0.1, -0.05) is 36.4 Å². The van der Waals surface area contributed by atoms with E-state index in [2.05, 4.69) is 6.07 Å². The van der Waals surface area contributed by atoms with Crippen molar-refractivity contribution in [2.45, 2.75) is 13.0 Å². The number of ether oxygens (including phenoxy) is 1. The van der Waals surface area contributed by atoms with Gasteiger partial charge in [0.1, 0.15) is 18.3 Å². The zero-order valence-electron chi connectivity index (χ0n) is 15.5. The average molecular weight is 380 g/mol. The maximum Gasteiger partial charge on any atom is 0.310 e. The number of benzene rings is 2. The number of aromatic nitrogens is 1. The Morgan fingerprint density at radius 3 is 2.83 bits per heavy atom. The fourth-order valence-corrected chi connectivity index (χ4v) is 3.79. The first-order valence-electron chi connectivity index (χ1n) is 9.27. The van der Waals surface area contributed by atoms with Gasteiger partial charge in [-0.25, -0.2) is 0 Å². The summed E-state index contributed by atoms with van der Waals surface area (Å²) in [5, 5.41) is 12.6. The fourth-order valence-electron chi connectivity index (χ4n) is 3.79. The summed E-state index contributed by atoms with van der Waals surface area (Å²) in [7, 11) is 0. The molecule has 29 heavy (non-hydrogen) atoms. The van der Waals surface area contributed by atoms with Crippen molar-refractivity contribution in [1.29, 1.82) is 5.26 Å². The summed E-state index contributed by atoms with van der Waals surface area (Å²) in [6.45, 7) is 0.0555. The molecule has 0 aliphatic rings. The SMILES string of the molecule is N#Cc1c(COC(=O)Cc2coc3ccc4ccccc4c23)cn2ccccc12. The smallest absolute Gasteiger partial charge is 0.310 e. The van der Waals surface area contributed by atoms with Gasteiger partial charge in [-0.05, 0) is 29.0 Å². The van der Waals surface area contributed by atoms with E-state index in [4.69, 9.17) is 9.15 Å².